The second-order valence-electron chi connectivity index (χ2n) is 6.29. The summed E-state index contributed by atoms with van der Waals surface area (Å²) in [7, 11) is 0. The number of aliphatic hydroxyl groups is 1. The molecule has 1 aromatic heterocycles. The Bertz CT molecular complexity index is 1080. The molecule has 0 saturated carbocycles. The van der Waals surface area contributed by atoms with Crippen molar-refractivity contribution in [2.45, 2.75) is 13.8 Å². The molecule has 0 aliphatic carbocycles. The summed E-state index contributed by atoms with van der Waals surface area (Å²) in [6.45, 7) is 3.80. The van der Waals surface area contributed by atoms with Crippen LogP contribution < -0.4 is 10.1 Å². The molecule has 1 amide bonds. The van der Waals surface area contributed by atoms with Gasteiger partial charge in [-0.3, -0.25) is 4.79 Å². The van der Waals surface area contributed by atoms with Crippen molar-refractivity contribution in [3.63, 3.8) is 0 Å². The molecule has 3 rings (SSSR count). The van der Waals surface area contributed by atoms with Crippen LogP contribution in [0.15, 0.2) is 42.5 Å². The van der Waals surface area contributed by atoms with Gasteiger partial charge in [-0.2, -0.15) is 10.4 Å². The molecule has 2 N–H and O–H groups in total. The second kappa shape index (κ2) is 8.78. The standard InChI is InChI=1S/C21H19ClN4O3/c1-13-20(29-18-7-4-15(5-8-18)21(28)24-9-10-27)14(2)26(25-13)17-6-3-16(12-23)19(22)11-17/h3-8,11,27H,9-10H2,1-2H3,(H,24,28). The molecule has 0 aliphatic rings. The topological polar surface area (TPSA) is 100 Å². The van der Waals surface area contributed by atoms with Crippen molar-refractivity contribution in [3.05, 3.63) is 70.0 Å². The fraction of sp³-hybridized carbons (Fsp3) is 0.190. The molecule has 0 saturated heterocycles. The van der Waals surface area contributed by atoms with E-state index in [-0.39, 0.29) is 19.1 Å². The molecule has 0 bridgehead atoms. The zero-order chi connectivity index (χ0) is 21.0. The van der Waals surface area contributed by atoms with E-state index in [1.165, 1.54) is 0 Å². The van der Waals surface area contributed by atoms with E-state index in [2.05, 4.69) is 10.4 Å². The summed E-state index contributed by atoms with van der Waals surface area (Å²) < 4.78 is 7.70. The number of nitrogens with one attached hydrogen (secondary N) is 1. The number of aromatic nitrogens is 2. The summed E-state index contributed by atoms with van der Waals surface area (Å²) >= 11 is 6.14. The zero-order valence-electron chi connectivity index (χ0n) is 15.9. The van der Waals surface area contributed by atoms with Crippen LogP contribution in [-0.2, 0) is 0 Å². The van der Waals surface area contributed by atoms with Crippen LogP contribution in [0.3, 0.4) is 0 Å². The number of amides is 1. The Kier molecular flexibility index (Phi) is 6.17. The Hall–Kier alpha value is -3.34. The highest BCUT2D eigenvalue weighted by Crippen LogP contribution is 2.31. The van der Waals surface area contributed by atoms with Crippen LogP contribution in [-0.4, -0.2) is 33.9 Å². The maximum Gasteiger partial charge on any atom is 0.251 e. The first kappa shape index (κ1) is 20.4. The molecule has 29 heavy (non-hydrogen) atoms. The summed E-state index contributed by atoms with van der Waals surface area (Å²) in [4.78, 5) is 11.9. The first-order valence-corrected chi connectivity index (χ1v) is 9.25. The Labute approximate surface area is 173 Å². The summed E-state index contributed by atoms with van der Waals surface area (Å²) in [5, 5.41) is 25.3. The predicted molar refractivity (Wildman–Crippen MR) is 109 cm³/mol. The van der Waals surface area contributed by atoms with Crippen LogP contribution in [0.1, 0.15) is 27.3 Å². The van der Waals surface area contributed by atoms with Crippen LogP contribution in [0.4, 0.5) is 0 Å². The van der Waals surface area contributed by atoms with E-state index in [0.717, 1.165) is 11.4 Å². The third-order valence-electron chi connectivity index (χ3n) is 4.28. The van der Waals surface area contributed by atoms with E-state index < -0.39 is 0 Å². The number of hydrogen-bond acceptors (Lipinski definition) is 5. The van der Waals surface area contributed by atoms with Crippen molar-refractivity contribution in [1.29, 1.82) is 5.26 Å². The molecule has 0 atom stereocenters. The molecular weight excluding hydrogens is 392 g/mol. The Morgan fingerprint density at radius 3 is 2.62 bits per heavy atom. The monoisotopic (exact) mass is 410 g/mol. The van der Waals surface area contributed by atoms with E-state index in [4.69, 9.17) is 26.7 Å². The molecule has 148 valence electrons. The van der Waals surface area contributed by atoms with Crippen molar-refractivity contribution in [1.82, 2.24) is 15.1 Å². The van der Waals surface area contributed by atoms with Crippen LogP contribution in [0.25, 0.3) is 5.69 Å². The number of aliphatic hydroxyl groups excluding tert-OH is 1. The lowest BCUT2D eigenvalue weighted by atomic mass is 10.2. The van der Waals surface area contributed by atoms with Gasteiger partial charge in [0.05, 0.1) is 28.6 Å². The van der Waals surface area contributed by atoms with E-state index in [0.29, 0.717) is 33.3 Å². The van der Waals surface area contributed by atoms with E-state index in [9.17, 15) is 4.79 Å². The minimum absolute atomic E-state index is 0.111. The van der Waals surface area contributed by atoms with E-state index in [1.54, 1.807) is 47.1 Å². The molecule has 3 aromatic rings. The summed E-state index contributed by atoms with van der Waals surface area (Å²) in [6, 6.07) is 13.8. The smallest absolute Gasteiger partial charge is 0.251 e. The summed E-state index contributed by atoms with van der Waals surface area (Å²) in [5.41, 5.74) is 3.06. The highest BCUT2D eigenvalue weighted by Gasteiger charge is 2.16. The third kappa shape index (κ3) is 4.40. The zero-order valence-corrected chi connectivity index (χ0v) is 16.7. The fourth-order valence-electron chi connectivity index (χ4n) is 2.82. The molecule has 0 unspecified atom stereocenters. The van der Waals surface area contributed by atoms with Crippen LogP contribution >= 0.6 is 11.6 Å². The maximum absolute atomic E-state index is 11.9. The summed E-state index contributed by atoms with van der Waals surface area (Å²) in [5.74, 6) is 0.902. The molecular formula is C21H19ClN4O3. The van der Waals surface area contributed by atoms with Gasteiger partial charge in [-0.25, -0.2) is 4.68 Å². The predicted octanol–water partition coefficient (Wildman–Crippen LogP) is 3.53. The largest absolute Gasteiger partial charge is 0.453 e. The Morgan fingerprint density at radius 1 is 1.28 bits per heavy atom. The maximum atomic E-state index is 11.9. The molecule has 0 aliphatic heterocycles. The quantitative estimate of drug-likeness (QED) is 0.647. The molecule has 0 radical (unpaired) electrons. The third-order valence-corrected chi connectivity index (χ3v) is 4.59. The van der Waals surface area contributed by atoms with Gasteiger partial charge in [-0.1, -0.05) is 11.6 Å². The lowest BCUT2D eigenvalue weighted by Crippen LogP contribution is -2.26. The highest BCUT2D eigenvalue weighted by atomic mass is 35.5. The van der Waals surface area contributed by atoms with Crippen molar-refractivity contribution < 1.29 is 14.6 Å². The average molecular weight is 411 g/mol. The molecule has 1 heterocycles. The number of rotatable bonds is 6. The van der Waals surface area contributed by atoms with Gasteiger partial charge >= 0.3 is 0 Å². The number of benzene rings is 2. The van der Waals surface area contributed by atoms with Gasteiger partial charge < -0.3 is 15.2 Å². The Morgan fingerprint density at radius 2 is 2.00 bits per heavy atom. The SMILES string of the molecule is Cc1nn(-c2ccc(C#N)c(Cl)c2)c(C)c1Oc1ccc(C(=O)NCCO)cc1. The molecule has 7 nitrogen and oxygen atoms in total. The first-order valence-electron chi connectivity index (χ1n) is 8.87. The van der Waals surface area contributed by atoms with Gasteiger partial charge in [0.15, 0.2) is 5.75 Å². The number of nitrogens with zero attached hydrogens (tertiary/aromatic N) is 3. The number of carbonyl (C=O) groups is 1. The molecule has 2 aromatic carbocycles. The van der Waals surface area contributed by atoms with Gasteiger partial charge in [-0.15, -0.1) is 0 Å². The number of ether oxygens (including phenoxy) is 1. The lowest BCUT2D eigenvalue weighted by Gasteiger charge is -2.09. The average Bonchev–Trinajstić information content (AvgIpc) is 3.00. The molecule has 0 spiro atoms. The number of carbonyl (C=O) groups excluding carboxylic acids is 1. The first-order chi connectivity index (χ1) is 13.9. The summed E-state index contributed by atoms with van der Waals surface area (Å²) in [6.07, 6.45) is 0. The Balaban J connectivity index is 1.83. The minimum Gasteiger partial charge on any atom is -0.453 e. The van der Waals surface area contributed by atoms with Gasteiger partial charge in [0.2, 0.25) is 0 Å². The van der Waals surface area contributed by atoms with Crippen molar-refractivity contribution in [3.8, 4) is 23.3 Å². The highest BCUT2D eigenvalue weighted by molar-refractivity contribution is 6.31. The number of aryl methyl sites for hydroxylation is 1. The normalized spacial score (nSPS) is 10.4. The van der Waals surface area contributed by atoms with Gasteiger partial charge in [-0.05, 0) is 56.3 Å². The van der Waals surface area contributed by atoms with Crippen molar-refractivity contribution in [2.24, 2.45) is 0 Å². The fourth-order valence-corrected chi connectivity index (χ4v) is 3.03. The number of hydrogen-bond donors (Lipinski definition) is 2. The van der Waals surface area contributed by atoms with Crippen LogP contribution in [0.2, 0.25) is 5.02 Å². The van der Waals surface area contributed by atoms with Gasteiger partial charge in [0.1, 0.15) is 17.5 Å². The van der Waals surface area contributed by atoms with Crippen LogP contribution in [0, 0.1) is 25.2 Å². The number of nitriles is 1. The minimum atomic E-state index is -0.261. The number of halogens is 1. The lowest BCUT2D eigenvalue weighted by molar-refractivity contribution is 0.0945. The second-order valence-corrected chi connectivity index (χ2v) is 6.70. The van der Waals surface area contributed by atoms with E-state index in [1.807, 2.05) is 19.9 Å². The van der Waals surface area contributed by atoms with Crippen molar-refractivity contribution in [2.75, 3.05) is 13.2 Å². The van der Waals surface area contributed by atoms with Crippen LogP contribution in [0.5, 0.6) is 11.5 Å². The van der Waals surface area contributed by atoms with E-state index >= 15 is 0 Å². The van der Waals surface area contributed by atoms with Gasteiger partial charge in [0, 0.05) is 12.1 Å². The van der Waals surface area contributed by atoms with Crippen molar-refractivity contribution >= 4 is 17.5 Å². The molecule has 8 heteroatoms. The van der Waals surface area contributed by atoms with Gasteiger partial charge in [0.25, 0.3) is 5.91 Å². The molecule has 0 fully saturated rings.